The third-order valence-corrected chi connectivity index (χ3v) is 4.04. The van der Waals surface area contributed by atoms with Crippen LogP contribution in [0.3, 0.4) is 0 Å². The number of hydrogen-bond donors (Lipinski definition) is 1. The lowest BCUT2D eigenvalue weighted by atomic mass is 9.94. The van der Waals surface area contributed by atoms with E-state index in [0.29, 0.717) is 6.04 Å². The van der Waals surface area contributed by atoms with E-state index in [1.54, 1.807) is 5.54 Å². The van der Waals surface area contributed by atoms with Crippen molar-refractivity contribution >= 4 is 11.6 Å². The third kappa shape index (κ3) is 4.07. The molecule has 0 saturated carbocycles. The highest BCUT2D eigenvalue weighted by Gasteiger charge is 2.32. The summed E-state index contributed by atoms with van der Waals surface area (Å²) < 4.78 is 0. The van der Waals surface area contributed by atoms with Gasteiger partial charge in [-0.25, -0.2) is 0 Å². The highest BCUT2D eigenvalue weighted by molar-refractivity contribution is 6.25. The van der Waals surface area contributed by atoms with Crippen LogP contribution in [0.2, 0.25) is 0 Å². The lowest BCUT2D eigenvalue weighted by Gasteiger charge is -2.46. The summed E-state index contributed by atoms with van der Waals surface area (Å²) >= 11 is 5.66. The Morgan fingerprint density at radius 1 is 1.37 bits per heavy atom. The maximum atomic E-state index is 5.66. The van der Waals surface area contributed by atoms with Gasteiger partial charge in [-0.15, -0.1) is 0 Å². The summed E-state index contributed by atoms with van der Waals surface area (Å²) in [6, 6.07) is 11.2. The molecule has 1 aromatic rings. The first-order chi connectivity index (χ1) is 9.12. The maximum absolute atomic E-state index is 5.66. The number of rotatable bonds is 4. The molecule has 0 bridgehead atoms. The normalized spacial score (nSPS) is 23.8. The molecule has 1 heterocycles. The number of halogens is 1. The second kappa shape index (κ2) is 6.56. The lowest BCUT2D eigenvalue weighted by molar-refractivity contribution is 0.0786. The summed E-state index contributed by atoms with van der Waals surface area (Å²) in [7, 11) is 0. The molecule has 104 valence electrons. The van der Waals surface area contributed by atoms with E-state index in [1.165, 1.54) is 5.56 Å². The van der Waals surface area contributed by atoms with Crippen LogP contribution < -0.4 is 5.32 Å². The Balaban J connectivity index is 1.97. The zero-order chi connectivity index (χ0) is 13.7. The predicted octanol–water partition coefficient (Wildman–Crippen LogP) is 3.03. The SMILES string of the molecule is CC1(C)CNC(Cc2ccccc2)CN1C/C=C/Cl. The van der Waals surface area contributed by atoms with Gasteiger partial charge in [-0.2, -0.15) is 0 Å². The van der Waals surface area contributed by atoms with Gasteiger partial charge in [0, 0.05) is 36.8 Å². The molecule has 1 N–H and O–H groups in total. The van der Waals surface area contributed by atoms with Gasteiger partial charge in [0.15, 0.2) is 0 Å². The van der Waals surface area contributed by atoms with Gasteiger partial charge in [0.25, 0.3) is 0 Å². The van der Waals surface area contributed by atoms with Crippen LogP contribution in [0.4, 0.5) is 0 Å². The van der Waals surface area contributed by atoms with Crippen LogP contribution in [-0.2, 0) is 6.42 Å². The average molecular weight is 279 g/mol. The minimum atomic E-state index is 0.184. The van der Waals surface area contributed by atoms with Gasteiger partial charge < -0.3 is 5.32 Å². The van der Waals surface area contributed by atoms with Crippen molar-refractivity contribution in [2.24, 2.45) is 0 Å². The highest BCUT2D eigenvalue weighted by Crippen LogP contribution is 2.20. The van der Waals surface area contributed by atoms with Crippen molar-refractivity contribution in [1.82, 2.24) is 10.2 Å². The highest BCUT2D eigenvalue weighted by atomic mass is 35.5. The van der Waals surface area contributed by atoms with Crippen molar-refractivity contribution in [2.45, 2.75) is 31.8 Å². The monoisotopic (exact) mass is 278 g/mol. The first kappa shape index (κ1) is 14.6. The first-order valence-corrected chi connectivity index (χ1v) is 7.33. The zero-order valence-corrected chi connectivity index (χ0v) is 12.5. The number of piperazine rings is 1. The standard InChI is InChI=1S/C16H23ClN2/c1-16(2)13-18-15(12-19(16)10-6-9-17)11-14-7-4-3-5-8-14/h3-9,15,18H,10-13H2,1-2H3/b9-6+. The minimum absolute atomic E-state index is 0.184. The van der Waals surface area contributed by atoms with Gasteiger partial charge in [0.1, 0.15) is 0 Å². The molecule has 0 radical (unpaired) electrons. The number of hydrogen-bond acceptors (Lipinski definition) is 2. The molecule has 0 amide bonds. The largest absolute Gasteiger partial charge is 0.311 e. The van der Waals surface area contributed by atoms with Crippen LogP contribution in [0.25, 0.3) is 0 Å². The van der Waals surface area contributed by atoms with E-state index < -0.39 is 0 Å². The molecule has 3 heteroatoms. The Kier molecular flexibility index (Phi) is 5.03. The Morgan fingerprint density at radius 3 is 2.79 bits per heavy atom. The van der Waals surface area contributed by atoms with Crippen LogP contribution in [0, 0.1) is 0 Å². The van der Waals surface area contributed by atoms with Gasteiger partial charge in [0.05, 0.1) is 0 Å². The quantitative estimate of drug-likeness (QED) is 0.911. The molecule has 1 saturated heterocycles. The van der Waals surface area contributed by atoms with E-state index in [9.17, 15) is 0 Å². The predicted molar refractivity (Wildman–Crippen MR) is 82.6 cm³/mol. The van der Waals surface area contributed by atoms with Gasteiger partial charge in [-0.1, -0.05) is 48.0 Å². The van der Waals surface area contributed by atoms with Crippen LogP contribution in [0.15, 0.2) is 41.9 Å². The topological polar surface area (TPSA) is 15.3 Å². The second-order valence-corrected chi connectivity index (χ2v) is 6.10. The molecule has 0 aromatic heterocycles. The van der Waals surface area contributed by atoms with Crippen molar-refractivity contribution in [1.29, 1.82) is 0 Å². The van der Waals surface area contributed by atoms with Crippen molar-refractivity contribution in [3.05, 3.63) is 47.5 Å². The van der Waals surface area contributed by atoms with Crippen LogP contribution in [0.5, 0.6) is 0 Å². The molecule has 1 aliphatic heterocycles. The van der Waals surface area contributed by atoms with Gasteiger partial charge in [-0.3, -0.25) is 4.90 Å². The van der Waals surface area contributed by atoms with Crippen LogP contribution in [-0.4, -0.2) is 36.1 Å². The summed E-state index contributed by atoms with van der Waals surface area (Å²) in [5.74, 6) is 0. The summed E-state index contributed by atoms with van der Waals surface area (Å²) in [4.78, 5) is 2.50. The molecule has 1 aliphatic rings. The Hall–Kier alpha value is -0.830. The van der Waals surface area contributed by atoms with Gasteiger partial charge in [0.2, 0.25) is 0 Å². The smallest absolute Gasteiger partial charge is 0.0281 e. The molecule has 0 aliphatic carbocycles. The lowest BCUT2D eigenvalue weighted by Crippen LogP contribution is -2.62. The number of nitrogens with zero attached hydrogens (tertiary/aromatic N) is 1. The molecule has 2 rings (SSSR count). The fourth-order valence-corrected chi connectivity index (χ4v) is 2.69. The molecule has 1 atom stereocenters. The fraction of sp³-hybridized carbons (Fsp3) is 0.500. The van der Waals surface area contributed by atoms with E-state index in [0.717, 1.165) is 26.1 Å². The molecule has 1 aromatic carbocycles. The zero-order valence-electron chi connectivity index (χ0n) is 11.8. The maximum Gasteiger partial charge on any atom is 0.0281 e. The Bertz CT molecular complexity index is 414. The summed E-state index contributed by atoms with van der Waals surface area (Å²) in [5.41, 5.74) is 3.20. The van der Waals surface area contributed by atoms with E-state index in [4.69, 9.17) is 11.6 Å². The van der Waals surface area contributed by atoms with Crippen molar-refractivity contribution in [3.8, 4) is 0 Å². The number of nitrogens with one attached hydrogen (secondary N) is 1. The minimum Gasteiger partial charge on any atom is -0.311 e. The van der Waals surface area contributed by atoms with E-state index in [2.05, 4.69) is 54.4 Å². The molecular formula is C16H23ClN2. The van der Waals surface area contributed by atoms with Crippen molar-refractivity contribution in [3.63, 3.8) is 0 Å². The van der Waals surface area contributed by atoms with Gasteiger partial charge >= 0.3 is 0 Å². The first-order valence-electron chi connectivity index (χ1n) is 6.89. The van der Waals surface area contributed by atoms with Crippen LogP contribution >= 0.6 is 11.6 Å². The summed E-state index contributed by atoms with van der Waals surface area (Å²) in [6.45, 7) is 7.55. The molecular weight excluding hydrogens is 256 g/mol. The van der Waals surface area contributed by atoms with Crippen molar-refractivity contribution < 1.29 is 0 Å². The van der Waals surface area contributed by atoms with Crippen LogP contribution in [0.1, 0.15) is 19.4 Å². The van der Waals surface area contributed by atoms with Gasteiger partial charge in [-0.05, 0) is 25.8 Å². The number of benzene rings is 1. The second-order valence-electron chi connectivity index (χ2n) is 5.85. The van der Waals surface area contributed by atoms with Crippen molar-refractivity contribution in [2.75, 3.05) is 19.6 Å². The van der Waals surface area contributed by atoms with E-state index in [1.807, 2.05) is 6.08 Å². The molecule has 0 spiro atoms. The third-order valence-electron chi connectivity index (χ3n) is 3.86. The summed E-state index contributed by atoms with van der Waals surface area (Å²) in [5, 5.41) is 3.67. The molecule has 1 fully saturated rings. The van der Waals surface area contributed by atoms with E-state index in [-0.39, 0.29) is 5.54 Å². The Morgan fingerprint density at radius 2 is 2.11 bits per heavy atom. The molecule has 1 unspecified atom stereocenters. The molecule has 19 heavy (non-hydrogen) atoms. The Labute approximate surface area is 121 Å². The molecule has 2 nitrogen and oxygen atoms in total. The summed E-state index contributed by atoms with van der Waals surface area (Å²) in [6.07, 6.45) is 3.10. The van der Waals surface area contributed by atoms with E-state index >= 15 is 0 Å². The average Bonchev–Trinajstić information content (AvgIpc) is 2.40. The fourth-order valence-electron chi connectivity index (χ4n) is 2.61.